The van der Waals surface area contributed by atoms with Gasteiger partial charge in [0, 0.05) is 20.1 Å². The fourth-order valence-corrected chi connectivity index (χ4v) is 6.15. The van der Waals surface area contributed by atoms with Gasteiger partial charge in [-0.25, -0.2) is 9.59 Å². The molecule has 6 aromatic carbocycles. The van der Waals surface area contributed by atoms with Gasteiger partial charge in [-0.05, 0) is 93.4 Å². The maximum Gasteiger partial charge on any atom is 0.339 e. The molecular weight excluding hydrogens is 704 g/mol. The molecule has 0 saturated heterocycles. The first-order valence-electron chi connectivity index (χ1n) is 14.6. The number of hydrogen-bond donors (Lipinski definition) is 0. The number of fused-ring (bicyclic) bond motifs is 2. The Hall–Kier alpha value is -4.78. The molecule has 226 valence electrons. The Morgan fingerprint density at radius 2 is 0.891 bits per heavy atom. The quantitative estimate of drug-likeness (QED) is 0.110. The molecule has 0 heterocycles. The largest absolute Gasteiger partial charge is 0.450 e. The fraction of sp³-hybridized carbons (Fsp3) is 0.0500. The predicted molar refractivity (Wildman–Crippen MR) is 192 cm³/mol. The predicted octanol–water partition coefficient (Wildman–Crippen LogP) is 11.4. The number of carbonyl (C=O) groups is 2. The third kappa shape index (κ3) is 6.32. The van der Waals surface area contributed by atoms with E-state index in [0.717, 1.165) is 52.7 Å². The highest BCUT2D eigenvalue weighted by Crippen LogP contribution is 2.44. The number of esters is 2. The van der Waals surface area contributed by atoms with Crippen molar-refractivity contribution < 1.29 is 19.1 Å². The molecular formula is C40H28Br2O4. The van der Waals surface area contributed by atoms with Gasteiger partial charge in [0.15, 0.2) is 0 Å². The zero-order valence-electron chi connectivity index (χ0n) is 24.7. The van der Waals surface area contributed by atoms with Crippen molar-refractivity contribution in [3.05, 3.63) is 178 Å². The minimum Gasteiger partial charge on any atom is -0.450 e. The molecule has 0 fully saturated rings. The maximum absolute atomic E-state index is 13.4. The summed E-state index contributed by atoms with van der Waals surface area (Å²) in [5.74, 6) is -0.941. The van der Waals surface area contributed by atoms with Crippen LogP contribution in [-0.2, 0) is 9.47 Å². The molecule has 6 rings (SSSR count). The molecule has 4 nitrogen and oxygen atoms in total. The number of carbonyl (C=O) groups excluding carboxylic acids is 2. The fourth-order valence-electron chi connectivity index (χ4n) is 5.62. The van der Waals surface area contributed by atoms with Crippen LogP contribution in [0.1, 0.15) is 44.1 Å². The van der Waals surface area contributed by atoms with E-state index in [-0.39, 0.29) is 0 Å². The first-order valence-corrected chi connectivity index (χ1v) is 16.2. The molecule has 0 aliphatic heterocycles. The second-order valence-electron chi connectivity index (χ2n) is 10.6. The van der Waals surface area contributed by atoms with Gasteiger partial charge in [-0.1, -0.05) is 118 Å². The SMILES string of the molecule is C=CC(OC(=O)c1ccc(Br)cc1)c1ccc2ccccc2c1-c1c(C(C=C)OC(=O)c2ccc(Br)cc2)ccc2ccccc12. The highest BCUT2D eigenvalue weighted by Gasteiger charge is 2.27. The molecule has 0 aromatic heterocycles. The van der Waals surface area contributed by atoms with Crippen LogP contribution in [0.15, 0.2) is 156 Å². The summed E-state index contributed by atoms with van der Waals surface area (Å²) in [5.41, 5.74) is 4.05. The molecule has 0 spiro atoms. The molecule has 2 atom stereocenters. The molecule has 0 aliphatic carbocycles. The van der Waals surface area contributed by atoms with Crippen molar-refractivity contribution in [2.45, 2.75) is 12.2 Å². The van der Waals surface area contributed by atoms with Gasteiger partial charge in [-0.15, -0.1) is 0 Å². The Morgan fingerprint density at radius 1 is 0.522 bits per heavy atom. The number of benzene rings is 6. The first kappa shape index (κ1) is 31.2. The van der Waals surface area contributed by atoms with Gasteiger partial charge < -0.3 is 9.47 Å². The summed E-state index contributed by atoms with van der Waals surface area (Å²) in [7, 11) is 0. The van der Waals surface area contributed by atoms with Gasteiger partial charge in [0.25, 0.3) is 0 Å². The van der Waals surface area contributed by atoms with Crippen LogP contribution in [-0.4, -0.2) is 11.9 Å². The molecule has 0 bridgehead atoms. The van der Waals surface area contributed by atoms with E-state index in [0.29, 0.717) is 11.1 Å². The van der Waals surface area contributed by atoms with Crippen molar-refractivity contribution in [3.8, 4) is 11.1 Å². The highest BCUT2D eigenvalue weighted by atomic mass is 79.9. The zero-order chi connectivity index (χ0) is 32.2. The number of hydrogen-bond acceptors (Lipinski definition) is 4. The van der Waals surface area contributed by atoms with E-state index < -0.39 is 24.1 Å². The first-order chi connectivity index (χ1) is 22.4. The second kappa shape index (κ2) is 13.7. The van der Waals surface area contributed by atoms with Gasteiger partial charge >= 0.3 is 11.9 Å². The lowest BCUT2D eigenvalue weighted by atomic mass is 9.84. The minimum atomic E-state index is -0.782. The summed E-state index contributed by atoms with van der Waals surface area (Å²) in [6.45, 7) is 8.11. The van der Waals surface area contributed by atoms with E-state index in [1.54, 1.807) is 60.7 Å². The summed E-state index contributed by atoms with van der Waals surface area (Å²) in [4.78, 5) is 26.7. The minimum absolute atomic E-state index is 0.426. The van der Waals surface area contributed by atoms with Crippen molar-refractivity contribution in [1.82, 2.24) is 0 Å². The van der Waals surface area contributed by atoms with Crippen molar-refractivity contribution >= 4 is 65.3 Å². The van der Waals surface area contributed by atoms with Crippen LogP contribution in [0.2, 0.25) is 0 Å². The smallest absolute Gasteiger partial charge is 0.339 e. The summed E-state index contributed by atoms with van der Waals surface area (Å²) >= 11 is 6.84. The molecule has 6 aromatic rings. The van der Waals surface area contributed by atoms with Crippen molar-refractivity contribution in [1.29, 1.82) is 0 Å². The van der Waals surface area contributed by atoms with Gasteiger partial charge in [-0.2, -0.15) is 0 Å². The van der Waals surface area contributed by atoms with Gasteiger partial charge in [-0.3, -0.25) is 0 Å². The molecule has 2 unspecified atom stereocenters. The van der Waals surface area contributed by atoms with E-state index in [1.807, 2.05) is 72.8 Å². The summed E-state index contributed by atoms with van der Waals surface area (Å²) in [6.07, 6.45) is 1.70. The van der Waals surface area contributed by atoms with E-state index in [9.17, 15) is 9.59 Å². The van der Waals surface area contributed by atoms with Crippen molar-refractivity contribution in [3.63, 3.8) is 0 Å². The van der Waals surface area contributed by atoms with Gasteiger partial charge in [0.2, 0.25) is 0 Å². The van der Waals surface area contributed by atoms with Gasteiger partial charge in [0.1, 0.15) is 12.2 Å². The van der Waals surface area contributed by atoms with E-state index >= 15 is 0 Å². The average Bonchev–Trinajstić information content (AvgIpc) is 3.09. The Bertz CT molecular complexity index is 1950. The van der Waals surface area contributed by atoms with Crippen LogP contribution in [0, 0.1) is 0 Å². The third-order valence-electron chi connectivity index (χ3n) is 7.84. The average molecular weight is 732 g/mol. The topological polar surface area (TPSA) is 52.6 Å². The molecule has 0 aliphatic rings. The van der Waals surface area contributed by atoms with Crippen LogP contribution in [0.4, 0.5) is 0 Å². The molecule has 0 saturated carbocycles. The monoisotopic (exact) mass is 730 g/mol. The van der Waals surface area contributed by atoms with E-state index in [1.165, 1.54) is 0 Å². The lowest BCUT2D eigenvalue weighted by molar-refractivity contribution is 0.0381. The molecule has 0 N–H and O–H groups in total. The maximum atomic E-state index is 13.4. The van der Waals surface area contributed by atoms with E-state index in [2.05, 4.69) is 45.0 Å². The molecule has 0 amide bonds. The third-order valence-corrected chi connectivity index (χ3v) is 8.90. The Kier molecular flexibility index (Phi) is 9.29. The van der Waals surface area contributed by atoms with Gasteiger partial charge in [0.05, 0.1) is 11.1 Å². The normalized spacial score (nSPS) is 12.3. The Balaban J connectivity index is 1.55. The van der Waals surface area contributed by atoms with Crippen LogP contribution in [0.5, 0.6) is 0 Å². The zero-order valence-corrected chi connectivity index (χ0v) is 27.8. The van der Waals surface area contributed by atoms with Crippen molar-refractivity contribution in [2.24, 2.45) is 0 Å². The van der Waals surface area contributed by atoms with Crippen LogP contribution >= 0.6 is 31.9 Å². The number of halogens is 2. The van der Waals surface area contributed by atoms with Crippen LogP contribution in [0.25, 0.3) is 32.7 Å². The van der Waals surface area contributed by atoms with E-state index in [4.69, 9.17) is 9.47 Å². The number of ether oxygens (including phenoxy) is 2. The standard InChI is InChI=1S/C40H28Br2O4/c1-3-35(45-39(43)27-13-19-29(41)20-14-27)33-23-17-25-9-5-7-11-31(25)37(33)38-32-12-8-6-10-26(32)18-24-34(38)36(4-2)46-40(44)28-15-21-30(42)22-16-28/h3-24,35-36H,1-2H2. The molecule has 0 radical (unpaired) electrons. The lowest BCUT2D eigenvalue weighted by Gasteiger charge is -2.25. The molecule has 46 heavy (non-hydrogen) atoms. The second-order valence-corrected chi connectivity index (χ2v) is 12.5. The summed E-state index contributed by atoms with van der Waals surface area (Å²) in [5, 5.41) is 3.91. The Morgan fingerprint density at radius 3 is 1.26 bits per heavy atom. The summed E-state index contributed by atoms with van der Waals surface area (Å²) < 4.78 is 14.0. The summed E-state index contributed by atoms with van der Waals surface area (Å²) in [6, 6.07) is 38.2. The number of rotatable bonds is 9. The Labute approximate surface area is 284 Å². The highest BCUT2D eigenvalue weighted by molar-refractivity contribution is 9.10. The van der Waals surface area contributed by atoms with Crippen LogP contribution < -0.4 is 0 Å². The lowest BCUT2D eigenvalue weighted by Crippen LogP contribution is -2.13. The molecule has 6 heteroatoms. The van der Waals surface area contributed by atoms with Crippen molar-refractivity contribution in [2.75, 3.05) is 0 Å². The van der Waals surface area contributed by atoms with Crippen LogP contribution in [0.3, 0.4) is 0 Å².